The number of carbonyl (C=O) groups is 1. The normalized spacial score (nSPS) is 22.1. The molecule has 2 aliphatic rings. The van der Waals surface area contributed by atoms with Gasteiger partial charge in [-0.1, -0.05) is 24.3 Å². The third kappa shape index (κ3) is 2.36. The minimum absolute atomic E-state index is 0.159. The zero-order valence-electron chi connectivity index (χ0n) is 15.1. The fourth-order valence-corrected chi connectivity index (χ4v) is 4.89. The molecular formula is C22H23N3O. The highest BCUT2D eigenvalue weighted by Gasteiger charge is 2.38. The number of fused-ring (bicyclic) bond motifs is 4. The lowest BCUT2D eigenvalue weighted by molar-refractivity contribution is 0.0547. The summed E-state index contributed by atoms with van der Waals surface area (Å²) in [5, 5.41) is 0. The van der Waals surface area contributed by atoms with Gasteiger partial charge >= 0.3 is 0 Å². The molecule has 0 N–H and O–H groups in total. The van der Waals surface area contributed by atoms with Gasteiger partial charge in [-0.3, -0.25) is 4.79 Å². The van der Waals surface area contributed by atoms with Crippen molar-refractivity contribution in [1.29, 1.82) is 0 Å². The van der Waals surface area contributed by atoms with E-state index < -0.39 is 0 Å². The van der Waals surface area contributed by atoms with Gasteiger partial charge in [-0.25, -0.2) is 4.98 Å². The number of piperidine rings is 1. The van der Waals surface area contributed by atoms with Gasteiger partial charge in [-0.15, -0.1) is 0 Å². The van der Waals surface area contributed by atoms with Crippen molar-refractivity contribution in [2.45, 2.75) is 37.6 Å². The second-order valence-electron chi connectivity index (χ2n) is 7.61. The first kappa shape index (κ1) is 15.6. The number of carbonyl (C=O) groups excluding carboxylic acids is 1. The van der Waals surface area contributed by atoms with Gasteiger partial charge in [-0.05, 0) is 55.0 Å². The molecule has 5 rings (SSSR count). The van der Waals surface area contributed by atoms with Crippen LogP contribution in [0.5, 0.6) is 0 Å². The molecule has 26 heavy (non-hydrogen) atoms. The largest absolute Gasteiger partial charge is 0.335 e. The van der Waals surface area contributed by atoms with Crippen molar-refractivity contribution in [2.24, 2.45) is 7.05 Å². The molecule has 1 aromatic heterocycles. The molecule has 0 saturated carbocycles. The summed E-state index contributed by atoms with van der Waals surface area (Å²) in [6.45, 7) is 0.864. The Bertz CT molecular complexity index is 990. The van der Waals surface area contributed by atoms with E-state index in [0.717, 1.165) is 42.4 Å². The first-order valence-electron chi connectivity index (χ1n) is 9.52. The van der Waals surface area contributed by atoms with Crippen LogP contribution in [0.1, 0.15) is 46.7 Å². The Kier molecular flexibility index (Phi) is 3.59. The Hall–Kier alpha value is -2.62. The van der Waals surface area contributed by atoms with Gasteiger partial charge in [0.1, 0.15) is 0 Å². The highest BCUT2D eigenvalue weighted by atomic mass is 16.2. The second kappa shape index (κ2) is 5.97. The standard InChI is InChI=1S/C22H23N3O/c1-24-14-23-19-13-16(9-11-21(19)24)22(26)25-12-4-7-18-17-6-3-2-5-15(17)8-10-20(18)25/h2-3,5-6,9,11,13-14,18,20H,4,7-8,10,12H2,1H3. The molecular weight excluding hydrogens is 322 g/mol. The van der Waals surface area contributed by atoms with Crippen LogP contribution in [-0.4, -0.2) is 32.9 Å². The summed E-state index contributed by atoms with van der Waals surface area (Å²) in [7, 11) is 1.98. The molecule has 4 heteroatoms. The summed E-state index contributed by atoms with van der Waals surface area (Å²) in [6.07, 6.45) is 6.20. The lowest BCUT2D eigenvalue weighted by Crippen LogP contribution is -2.49. The van der Waals surface area contributed by atoms with Crippen molar-refractivity contribution in [3.63, 3.8) is 0 Å². The van der Waals surface area contributed by atoms with Gasteiger partial charge in [0, 0.05) is 31.1 Å². The molecule has 2 unspecified atom stereocenters. The first-order valence-corrected chi connectivity index (χ1v) is 9.52. The van der Waals surface area contributed by atoms with E-state index in [-0.39, 0.29) is 5.91 Å². The van der Waals surface area contributed by atoms with Crippen molar-refractivity contribution in [1.82, 2.24) is 14.5 Å². The van der Waals surface area contributed by atoms with Crippen LogP contribution in [0.3, 0.4) is 0 Å². The summed E-state index contributed by atoms with van der Waals surface area (Å²) in [5.41, 5.74) is 5.64. The predicted molar refractivity (Wildman–Crippen MR) is 102 cm³/mol. The molecule has 3 aromatic rings. The Labute approximate surface area is 153 Å². The maximum atomic E-state index is 13.3. The van der Waals surface area contributed by atoms with Crippen LogP contribution in [0.2, 0.25) is 0 Å². The molecule has 0 radical (unpaired) electrons. The molecule has 1 saturated heterocycles. The quantitative estimate of drug-likeness (QED) is 0.671. The van der Waals surface area contributed by atoms with Crippen molar-refractivity contribution >= 4 is 16.9 Å². The number of aromatic nitrogens is 2. The van der Waals surface area contributed by atoms with Gasteiger partial charge < -0.3 is 9.47 Å². The van der Waals surface area contributed by atoms with Gasteiger partial charge in [0.25, 0.3) is 5.91 Å². The molecule has 0 spiro atoms. The van der Waals surface area contributed by atoms with Gasteiger partial charge in [0.15, 0.2) is 0 Å². The van der Waals surface area contributed by atoms with Crippen LogP contribution in [0.15, 0.2) is 48.8 Å². The molecule has 2 atom stereocenters. The van der Waals surface area contributed by atoms with Gasteiger partial charge in [0.05, 0.1) is 17.4 Å². The molecule has 0 bridgehead atoms. The number of hydrogen-bond acceptors (Lipinski definition) is 2. The van der Waals surface area contributed by atoms with Crippen LogP contribution in [-0.2, 0) is 13.5 Å². The van der Waals surface area contributed by atoms with Crippen LogP contribution >= 0.6 is 0 Å². The van der Waals surface area contributed by atoms with Crippen molar-refractivity contribution < 1.29 is 4.79 Å². The molecule has 2 heterocycles. The Morgan fingerprint density at radius 3 is 2.96 bits per heavy atom. The number of aryl methyl sites for hydroxylation is 2. The van der Waals surface area contributed by atoms with E-state index in [9.17, 15) is 4.79 Å². The lowest BCUT2D eigenvalue weighted by Gasteiger charge is -2.45. The van der Waals surface area contributed by atoms with Crippen LogP contribution < -0.4 is 0 Å². The van der Waals surface area contributed by atoms with Crippen LogP contribution in [0, 0.1) is 0 Å². The second-order valence-corrected chi connectivity index (χ2v) is 7.61. The van der Waals surface area contributed by atoms with Gasteiger partial charge in [-0.2, -0.15) is 0 Å². The molecule has 1 aliphatic carbocycles. The SMILES string of the molecule is Cn1cnc2cc(C(=O)N3CCCC4c5ccccc5CCC43)ccc21. The molecule has 4 nitrogen and oxygen atoms in total. The van der Waals surface area contributed by atoms with E-state index in [0.29, 0.717) is 12.0 Å². The zero-order valence-corrected chi connectivity index (χ0v) is 15.1. The number of likely N-dealkylation sites (tertiary alicyclic amines) is 1. The third-order valence-electron chi connectivity index (χ3n) is 6.18. The summed E-state index contributed by atoms with van der Waals surface area (Å²) in [6, 6.07) is 15.0. The summed E-state index contributed by atoms with van der Waals surface area (Å²) < 4.78 is 1.98. The van der Waals surface area contributed by atoms with Crippen molar-refractivity contribution in [3.05, 3.63) is 65.5 Å². The Morgan fingerprint density at radius 2 is 2.04 bits per heavy atom. The first-order chi connectivity index (χ1) is 12.7. The van der Waals surface area contributed by atoms with E-state index in [1.165, 1.54) is 17.5 Å². The number of amides is 1. The fourth-order valence-electron chi connectivity index (χ4n) is 4.89. The summed E-state index contributed by atoms with van der Waals surface area (Å²) >= 11 is 0. The highest BCUT2D eigenvalue weighted by Crippen LogP contribution is 2.41. The predicted octanol–water partition coefficient (Wildman–Crippen LogP) is 3.91. The third-order valence-corrected chi connectivity index (χ3v) is 6.18. The van der Waals surface area contributed by atoms with Crippen LogP contribution in [0.4, 0.5) is 0 Å². The summed E-state index contributed by atoms with van der Waals surface area (Å²) in [4.78, 5) is 19.9. The fraction of sp³-hybridized carbons (Fsp3) is 0.364. The lowest BCUT2D eigenvalue weighted by atomic mass is 9.74. The molecule has 2 aromatic carbocycles. The average Bonchev–Trinajstić information content (AvgIpc) is 3.07. The molecule has 1 amide bonds. The van der Waals surface area contributed by atoms with Crippen LogP contribution in [0.25, 0.3) is 11.0 Å². The molecule has 132 valence electrons. The number of nitrogens with zero attached hydrogens (tertiary/aromatic N) is 3. The van der Waals surface area contributed by atoms with Crippen molar-refractivity contribution in [3.8, 4) is 0 Å². The van der Waals surface area contributed by atoms with E-state index in [1.807, 2.05) is 29.8 Å². The summed E-state index contributed by atoms with van der Waals surface area (Å²) in [5.74, 6) is 0.642. The maximum Gasteiger partial charge on any atom is 0.254 e. The van der Waals surface area contributed by atoms with Gasteiger partial charge in [0.2, 0.25) is 0 Å². The van der Waals surface area contributed by atoms with E-state index >= 15 is 0 Å². The molecule has 1 aliphatic heterocycles. The van der Waals surface area contributed by atoms with Crippen molar-refractivity contribution in [2.75, 3.05) is 6.54 Å². The molecule has 1 fully saturated rings. The smallest absolute Gasteiger partial charge is 0.254 e. The van der Waals surface area contributed by atoms with E-state index in [4.69, 9.17) is 0 Å². The maximum absolute atomic E-state index is 13.3. The highest BCUT2D eigenvalue weighted by molar-refractivity contribution is 5.97. The number of imidazole rings is 1. The zero-order chi connectivity index (χ0) is 17.7. The number of benzene rings is 2. The average molecular weight is 345 g/mol. The minimum atomic E-state index is 0.159. The Balaban J connectivity index is 1.48. The minimum Gasteiger partial charge on any atom is -0.335 e. The number of hydrogen-bond donors (Lipinski definition) is 0. The monoisotopic (exact) mass is 345 g/mol. The van der Waals surface area contributed by atoms with E-state index in [2.05, 4.69) is 34.1 Å². The Morgan fingerprint density at radius 1 is 1.15 bits per heavy atom. The topological polar surface area (TPSA) is 38.1 Å². The van der Waals surface area contributed by atoms with E-state index in [1.54, 1.807) is 6.33 Å². The number of rotatable bonds is 1.